The van der Waals surface area contributed by atoms with Crippen LogP contribution in [0.15, 0.2) is 94.4 Å². The summed E-state index contributed by atoms with van der Waals surface area (Å²) in [5.74, 6) is 1.22. The van der Waals surface area contributed by atoms with Gasteiger partial charge in [-0.3, -0.25) is 4.79 Å². The number of pyridine rings is 1. The van der Waals surface area contributed by atoms with Crippen molar-refractivity contribution < 1.29 is 13.9 Å². The molecule has 0 atom stereocenters. The van der Waals surface area contributed by atoms with Crippen LogP contribution < -0.4 is 10.2 Å². The fourth-order valence-corrected chi connectivity index (χ4v) is 4.02. The summed E-state index contributed by atoms with van der Waals surface area (Å²) >= 11 is 17.9. The van der Waals surface area contributed by atoms with Crippen LogP contribution in [0.2, 0.25) is 15.1 Å². The van der Waals surface area contributed by atoms with Crippen molar-refractivity contribution in [3.05, 3.63) is 117 Å². The number of para-hydroxylation sites is 1. The van der Waals surface area contributed by atoms with Gasteiger partial charge in [0, 0.05) is 22.0 Å². The quantitative estimate of drug-likeness (QED) is 0.166. The fourth-order valence-electron chi connectivity index (χ4n) is 3.61. The molecule has 6 nitrogen and oxygen atoms in total. The number of hydrogen-bond donors (Lipinski definition) is 1. The highest BCUT2D eigenvalue weighted by molar-refractivity contribution is 6.42. The summed E-state index contributed by atoms with van der Waals surface area (Å²) in [7, 11) is 0. The molecule has 5 aromatic rings. The predicted octanol–water partition coefficient (Wildman–Crippen LogP) is 7.80. The monoisotopic (exact) mass is 549 g/mol. The first-order valence-corrected chi connectivity index (χ1v) is 12.3. The van der Waals surface area contributed by atoms with Crippen LogP contribution >= 0.6 is 34.8 Å². The second-order valence-electron chi connectivity index (χ2n) is 7.95. The summed E-state index contributed by atoms with van der Waals surface area (Å²) in [6.45, 7) is 0.189. The lowest BCUT2D eigenvalue weighted by atomic mass is 10.0. The van der Waals surface area contributed by atoms with Gasteiger partial charge in [0.15, 0.2) is 0 Å². The highest BCUT2D eigenvalue weighted by atomic mass is 35.5. The molecule has 0 aliphatic heterocycles. The molecule has 0 spiro atoms. The third kappa shape index (κ3) is 5.94. The summed E-state index contributed by atoms with van der Waals surface area (Å²) in [4.78, 5) is 17.8. The standard InChI is InChI=1S/C28H18Cl3N3O3/c29-18-7-5-17(6-8-18)27-14-23(22-3-1-2-4-26(22)33-27)28(35)34-32-15-20-9-10-21(37-20)16-36-19-11-12-24(30)25(31)13-19/h1-15H,16H2,(H,34,35)/b32-15-. The van der Waals surface area contributed by atoms with E-state index in [-0.39, 0.29) is 12.5 Å². The lowest BCUT2D eigenvalue weighted by molar-refractivity contribution is 0.0956. The minimum absolute atomic E-state index is 0.189. The number of rotatable bonds is 7. The number of amides is 1. The maximum atomic E-state index is 13.1. The Hall–Kier alpha value is -3.84. The molecular weight excluding hydrogens is 533 g/mol. The Balaban J connectivity index is 1.28. The van der Waals surface area contributed by atoms with E-state index in [1.54, 1.807) is 48.5 Å². The molecule has 3 aromatic carbocycles. The fraction of sp³-hybridized carbons (Fsp3) is 0.0357. The molecule has 5 rings (SSSR count). The van der Waals surface area contributed by atoms with Crippen molar-refractivity contribution in [2.24, 2.45) is 5.10 Å². The first-order chi connectivity index (χ1) is 18.0. The van der Waals surface area contributed by atoms with Crippen molar-refractivity contribution in [2.75, 3.05) is 0 Å². The molecular formula is C28H18Cl3N3O3. The van der Waals surface area contributed by atoms with Crippen molar-refractivity contribution in [2.45, 2.75) is 6.61 Å². The normalized spacial score (nSPS) is 11.2. The number of aromatic nitrogens is 1. The van der Waals surface area contributed by atoms with Crippen molar-refractivity contribution in [3.8, 4) is 17.0 Å². The smallest absolute Gasteiger partial charge is 0.272 e. The molecule has 0 saturated heterocycles. The molecule has 0 fully saturated rings. The molecule has 2 aromatic heterocycles. The number of carbonyl (C=O) groups is 1. The lowest BCUT2D eigenvalue weighted by Crippen LogP contribution is -2.18. The van der Waals surface area contributed by atoms with Gasteiger partial charge in [0.05, 0.1) is 33.0 Å². The van der Waals surface area contributed by atoms with E-state index in [0.717, 1.165) is 5.56 Å². The number of furan rings is 1. The van der Waals surface area contributed by atoms with Crippen LogP contribution in [-0.4, -0.2) is 17.1 Å². The van der Waals surface area contributed by atoms with Gasteiger partial charge in [-0.05, 0) is 48.5 Å². The minimum atomic E-state index is -0.375. The summed E-state index contributed by atoms with van der Waals surface area (Å²) in [5, 5.41) is 6.26. The Bertz CT molecular complexity index is 1610. The molecule has 0 aliphatic rings. The number of hydrazone groups is 1. The summed E-state index contributed by atoms with van der Waals surface area (Å²) in [5.41, 5.74) is 5.21. The van der Waals surface area contributed by atoms with E-state index in [1.165, 1.54) is 6.21 Å². The summed E-state index contributed by atoms with van der Waals surface area (Å²) in [6.07, 6.45) is 1.42. The minimum Gasteiger partial charge on any atom is -0.486 e. The number of hydrogen-bond acceptors (Lipinski definition) is 5. The molecule has 0 saturated carbocycles. The Labute approximate surface area is 227 Å². The third-order valence-electron chi connectivity index (χ3n) is 5.41. The van der Waals surface area contributed by atoms with E-state index >= 15 is 0 Å². The zero-order valence-corrected chi connectivity index (χ0v) is 21.4. The zero-order valence-electron chi connectivity index (χ0n) is 19.1. The van der Waals surface area contributed by atoms with E-state index in [9.17, 15) is 4.79 Å². The number of fused-ring (bicyclic) bond motifs is 1. The summed E-state index contributed by atoms with van der Waals surface area (Å²) in [6, 6.07) is 25.0. The van der Waals surface area contributed by atoms with Gasteiger partial charge < -0.3 is 9.15 Å². The molecule has 0 bridgehead atoms. The van der Waals surface area contributed by atoms with Crippen LogP contribution in [-0.2, 0) is 6.61 Å². The largest absolute Gasteiger partial charge is 0.486 e. The van der Waals surface area contributed by atoms with Gasteiger partial charge in [-0.2, -0.15) is 5.10 Å². The Morgan fingerprint density at radius 3 is 2.57 bits per heavy atom. The van der Waals surface area contributed by atoms with Crippen molar-refractivity contribution in [3.63, 3.8) is 0 Å². The average Bonchev–Trinajstić information content (AvgIpc) is 3.36. The van der Waals surface area contributed by atoms with Crippen LogP contribution in [0.4, 0.5) is 0 Å². The van der Waals surface area contributed by atoms with Crippen LogP contribution in [0.3, 0.4) is 0 Å². The highest BCUT2D eigenvalue weighted by Crippen LogP contribution is 2.27. The summed E-state index contributed by atoms with van der Waals surface area (Å²) < 4.78 is 11.4. The van der Waals surface area contributed by atoms with Crippen molar-refractivity contribution >= 4 is 57.8 Å². The van der Waals surface area contributed by atoms with E-state index in [2.05, 4.69) is 10.5 Å². The SMILES string of the molecule is O=C(N/N=C\c1ccc(COc2ccc(Cl)c(Cl)c2)o1)c1cc(-c2ccc(Cl)cc2)nc2ccccc12. The van der Waals surface area contributed by atoms with Crippen LogP contribution in [0.25, 0.3) is 22.2 Å². The third-order valence-corrected chi connectivity index (χ3v) is 6.40. The van der Waals surface area contributed by atoms with Gasteiger partial charge in [0.25, 0.3) is 5.91 Å². The second kappa shape index (κ2) is 11.0. The zero-order chi connectivity index (χ0) is 25.8. The number of carbonyl (C=O) groups excluding carboxylic acids is 1. The first kappa shape index (κ1) is 24.8. The van der Waals surface area contributed by atoms with Crippen LogP contribution in [0, 0.1) is 0 Å². The number of halogens is 3. The second-order valence-corrected chi connectivity index (χ2v) is 9.20. The first-order valence-electron chi connectivity index (χ1n) is 11.1. The van der Waals surface area contributed by atoms with Gasteiger partial charge in [-0.1, -0.05) is 65.1 Å². The maximum Gasteiger partial charge on any atom is 0.272 e. The van der Waals surface area contributed by atoms with Gasteiger partial charge in [0.2, 0.25) is 0 Å². The molecule has 37 heavy (non-hydrogen) atoms. The Kier molecular flexibility index (Phi) is 7.42. The van der Waals surface area contributed by atoms with E-state index in [1.807, 2.05) is 36.4 Å². The molecule has 0 aliphatic carbocycles. The number of benzene rings is 3. The van der Waals surface area contributed by atoms with E-state index in [4.69, 9.17) is 48.9 Å². The molecule has 2 heterocycles. The maximum absolute atomic E-state index is 13.1. The lowest BCUT2D eigenvalue weighted by Gasteiger charge is -2.09. The number of nitrogens with one attached hydrogen (secondary N) is 1. The molecule has 184 valence electrons. The van der Waals surface area contributed by atoms with Crippen molar-refractivity contribution in [1.29, 1.82) is 0 Å². The number of ether oxygens (including phenoxy) is 1. The molecule has 0 unspecified atom stereocenters. The van der Waals surface area contributed by atoms with Gasteiger partial charge in [-0.25, -0.2) is 10.4 Å². The van der Waals surface area contributed by atoms with E-state index in [0.29, 0.717) is 54.5 Å². The molecule has 1 N–H and O–H groups in total. The predicted molar refractivity (Wildman–Crippen MR) is 147 cm³/mol. The average molecular weight is 551 g/mol. The topological polar surface area (TPSA) is 76.7 Å². The molecule has 9 heteroatoms. The van der Waals surface area contributed by atoms with Crippen LogP contribution in [0.5, 0.6) is 5.75 Å². The Morgan fingerprint density at radius 2 is 1.76 bits per heavy atom. The Morgan fingerprint density at radius 1 is 0.946 bits per heavy atom. The van der Waals surface area contributed by atoms with Gasteiger partial charge in [-0.15, -0.1) is 0 Å². The van der Waals surface area contributed by atoms with E-state index < -0.39 is 0 Å². The highest BCUT2D eigenvalue weighted by Gasteiger charge is 2.14. The van der Waals surface area contributed by atoms with Crippen molar-refractivity contribution in [1.82, 2.24) is 10.4 Å². The van der Waals surface area contributed by atoms with Gasteiger partial charge >= 0.3 is 0 Å². The van der Waals surface area contributed by atoms with Gasteiger partial charge in [0.1, 0.15) is 23.9 Å². The molecule has 1 amide bonds. The van der Waals surface area contributed by atoms with Crippen LogP contribution in [0.1, 0.15) is 21.9 Å². The molecule has 0 radical (unpaired) electrons. The number of nitrogens with zero attached hydrogens (tertiary/aromatic N) is 2.